The molecule has 2 rings (SSSR count). The number of carbonyl (C=O) groups is 2. The van der Waals surface area contributed by atoms with Gasteiger partial charge < -0.3 is 19.5 Å². The van der Waals surface area contributed by atoms with Crippen molar-refractivity contribution in [2.45, 2.75) is 13.0 Å². The Labute approximate surface area is 160 Å². The molecule has 2 aromatic carbocycles. The van der Waals surface area contributed by atoms with Gasteiger partial charge in [-0.15, -0.1) is 0 Å². The molecule has 0 aliphatic rings. The van der Waals surface area contributed by atoms with Crippen LogP contribution in [0.3, 0.4) is 0 Å². The zero-order valence-electron chi connectivity index (χ0n) is 14.1. The van der Waals surface area contributed by atoms with Crippen molar-refractivity contribution in [2.75, 3.05) is 19.0 Å². The lowest BCUT2D eigenvalue weighted by Gasteiger charge is -2.15. The number of anilines is 1. The second-order valence-electron chi connectivity index (χ2n) is 5.19. The van der Waals surface area contributed by atoms with E-state index < -0.39 is 18.0 Å². The fourth-order valence-corrected chi connectivity index (χ4v) is 2.32. The molecular weight excluding hydrogens is 381 g/mol. The monoisotopic (exact) mass is 397 g/mol. The van der Waals surface area contributed by atoms with Crippen molar-refractivity contribution >= 4 is 40.8 Å². The van der Waals surface area contributed by atoms with E-state index in [1.807, 2.05) is 0 Å². The summed E-state index contributed by atoms with van der Waals surface area (Å²) < 4.78 is 15.5. The summed E-state index contributed by atoms with van der Waals surface area (Å²) in [4.78, 5) is 24.0. The first-order chi connectivity index (χ1) is 12.4. The van der Waals surface area contributed by atoms with E-state index in [0.29, 0.717) is 27.2 Å². The summed E-state index contributed by atoms with van der Waals surface area (Å²) in [5.74, 6) is -0.355. The summed E-state index contributed by atoms with van der Waals surface area (Å²) >= 11 is 11.9. The first kappa shape index (κ1) is 19.9. The van der Waals surface area contributed by atoms with Gasteiger partial charge in [-0.2, -0.15) is 0 Å². The molecule has 0 unspecified atom stereocenters. The van der Waals surface area contributed by atoms with Crippen molar-refractivity contribution in [3.63, 3.8) is 0 Å². The fraction of sp³-hybridized carbons (Fsp3) is 0.222. The third-order valence-electron chi connectivity index (χ3n) is 3.28. The van der Waals surface area contributed by atoms with E-state index in [4.69, 9.17) is 37.4 Å². The van der Waals surface area contributed by atoms with Gasteiger partial charge in [0.2, 0.25) is 0 Å². The second kappa shape index (κ2) is 9.31. The van der Waals surface area contributed by atoms with E-state index in [-0.39, 0.29) is 6.61 Å². The van der Waals surface area contributed by atoms with Gasteiger partial charge in [0.15, 0.2) is 24.2 Å². The van der Waals surface area contributed by atoms with Crippen molar-refractivity contribution in [2.24, 2.45) is 0 Å². The van der Waals surface area contributed by atoms with Crippen LogP contribution in [0, 0.1) is 0 Å². The van der Waals surface area contributed by atoms with Crippen LogP contribution in [0.25, 0.3) is 0 Å². The zero-order chi connectivity index (χ0) is 19.1. The molecular formula is C18H17Cl2NO5. The Morgan fingerprint density at radius 2 is 1.81 bits per heavy atom. The predicted molar refractivity (Wildman–Crippen MR) is 99.1 cm³/mol. The molecule has 0 radical (unpaired) electrons. The number of halogens is 2. The number of amides is 1. The molecule has 8 heteroatoms. The first-order valence-corrected chi connectivity index (χ1v) is 8.37. The van der Waals surface area contributed by atoms with Gasteiger partial charge in [0, 0.05) is 5.02 Å². The second-order valence-corrected chi connectivity index (χ2v) is 6.03. The number of benzene rings is 2. The average Bonchev–Trinajstić information content (AvgIpc) is 2.63. The van der Waals surface area contributed by atoms with Crippen LogP contribution in [-0.2, 0) is 14.3 Å². The summed E-state index contributed by atoms with van der Waals surface area (Å²) in [6.45, 7) is 1.07. The molecule has 0 saturated carbocycles. The Morgan fingerprint density at radius 3 is 2.50 bits per heavy atom. The minimum atomic E-state index is -1.04. The molecule has 0 bridgehead atoms. The lowest BCUT2D eigenvalue weighted by atomic mass is 10.3. The molecule has 0 heterocycles. The van der Waals surface area contributed by atoms with E-state index in [1.165, 1.54) is 20.1 Å². The van der Waals surface area contributed by atoms with Crippen LogP contribution in [-0.4, -0.2) is 31.7 Å². The number of rotatable bonds is 7. The Hall–Kier alpha value is -2.44. The molecule has 0 aromatic heterocycles. The smallest absolute Gasteiger partial charge is 0.344 e. The Bertz CT molecular complexity index is 797. The Kier molecular flexibility index (Phi) is 7.12. The van der Waals surface area contributed by atoms with Gasteiger partial charge in [0.25, 0.3) is 5.91 Å². The maximum absolute atomic E-state index is 12.1. The highest BCUT2D eigenvalue weighted by Crippen LogP contribution is 2.26. The van der Waals surface area contributed by atoms with Crippen LogP contribution < -0.4 is 14.8 Å². The van der Waals surface area contributed by atoms with Gasteiger partial charge in [0.1, 0.15) is 0 Å². The topological polar surface area (TPSA) is 73.9 Å². The molecule has 0 fully saturated rings. The average molecular weight is 398 g/mol. The van der Waals surface area contributed by atoms with Crippen LogP contribution in [0.4, 0.5) is 5.69 Å². The largest absolute Gasteiger partial charge is 0.493 e. The standard InChI is InChI=1S/C18H17Cl2NO5/c1-11(18(23)21-14-9-12(19)7-8-13(14)20)26-17(22)10-25-16-6-4-3-5-15(16)24-2/h3-9,11H,10H2,1-2H3,(H,21,23)/t11-/m0/s1. The van der Waals surface area contributed by atoms with Crippen molar-refractivity contribution in [3.8, 4) is 11.5 Å². The highest BCUT2D eigenvalue weighted by Gasteiger charge is 2.19. The first-order valence-electron chi connectivity index (χ1n) is 7.62. The Balaban J connectivity index is 1.88. The molecule has 0 spiro atoms. The molecule has 6 nitrogen and oxygen atoms in total. The van der Waals surface area contributed by atoms with Crippen LogP contribution in [0.1, 0.15) is 6.92 Å². The number of hydrogen-bond acceptors (Lipinski definition) is 5. The normalized spacial score (nSPS) is 11.4. The Morgan fingerprint density at radius 1 is 1.12 bits per heavy atom. The van der Waals surface area contributed by atoms with Crippen molar-refractivity contribution in [1.82, 2.24) is 0 Å². The van der Waals surface area contributed by atoms with E-state index in [0.717, 1.165) is 0 Å². The van der Waals surface area contributed by atoms with E-state index in [9.17, 15) is 9.59 Å². The van der Waals surface area contributed by atoms with Gasteiger partial charge in [-0.3, -0.25) is 4.79 Å². The third kappa shape index (κ3) is 5.54. The van der Waals surface area contributed by atoms with Crippen molar-refractivity contribution < 1.29 is 23.8 Å². The van der Waals surface area contributed by atoms with Crippen LogP contribution in [0.2, 0.25) is 10.0 Å². The summed E-state index contributed by atoms with van der Waals surface area (Å²) in [6.07, 6.45) is -1.04. The van der Waals surface area contributed by atoms with Gasteiger partial charge in [-0.25, -0.2) is 4.79 Å². The number of nitrogens with one attached hydrogen (secondary N) is 1. The molecule has 0 aliphatic carbocycles. The number of ether oxygens (including phenoxy) is 3. The molecule has 0 aliphatic heterocycles. The van der Waals surface area contributed by atoms with E-state index in [2.05, 4.69) is 5.32 Å². The highest BCUT2D eigenvalue weighted by molar-refractivity contribution is 6.35. The van der Waals surface area contributed by atoms with Gasteiger partial charge in [0.05, 0.1) is 17.8 Å². The van der Waals surface area contributed by atoms with Crippen molar-refractivity contribution in [1.29, 1.82) is 0 Å². The maximum atomic E-state index is 12.1. The minimum Gasteiger partial charge on any atom is -0.493 e. The highest BCUT2D eigenvalue weighted by atomic mass is 35.5. The molecule has 1 atom stereocenters. The number of methoxy groups -OCH3 is 1. The molecule has 26 heavy (non-hydrogen) atoms. The lowest BCUT2D eigenvalue weighted by molar-refractivity contribution is -0.155. The minimum absolute atomic E-state index is 0.320. The lowest BCUT2D eigenvalue weighted by Crippen LogP contribution is -2.31. The molecule has 0 saturated heterocycles. The summed E-state index contributed by atoms with van der Waals surface area (Å²) in [6, 6.07) is 11.5. The number of esters is 1. The number of carbonyl (C=O) groups excluding carboxylic acids is 2. The maximum Gasteiger partial charge on any atom is 0.344 e. The SMILES string of the molecule is COc1ccccc1OCC(=O)O[C@@H](C)C(=O)Nc1cc(Cl)ccc1Cl. The number of para-hydroxylation sites is 2. The fourth-order valence-electron chi connectivity index (χ4n) is 1.99. The molecule has 1 amide bonds. The quantitative estimate of drug-likeness (QED) is 0.715. The summed E-state index contributed by atoms with van der Waals surface area (Å²) in [7, 11) is 1.49. The van der Waals surface area contributed by atoms with E-state index in [1.54, 1.807) is 36.4 Å². The zero-order valence-corrected chi connectivity index (χ0v) is 15.6. The predicted octanol–water partition coefficient (Wildman–Crippen LogP) is 3.95. The molecule has 2 aromatic rings. The summed E-state index contributed by atoms with van der Waals surface area (Å²) in [5, 5.41) is 3.29. The van der Waals surface area contributed by atoms with Gasteiger partial charge >= 0.3 is 5.97 Å². The van der Waals surface area contributed by atoms with Crippen molar-refractivity contribution in [3.05, 3.63) is 52.5 Å². The molecule has 1 N–H and O–H groups in total. The molecule has 138 valence electrons. The summed E-state index contributed by atoms with van der Waals surface area (Å²) in [5.41, 5.74) is 0.331. The number of hydrogen-bond donors (Lipinski definition) is 1. The van der Waals surface area contributed by atoms with Crippen LogP contribution in [0.5, 0.6) is 11.5 Å². The van der Waals surface area contributed by atoms with Gasteiger partial charge in [-0.05, 0) is 37.3 Å². The van der Waals surface area contributed by atoms with Crippen LogP contribution >= 0.6 is 23.2 Å². The third-order valence-corrected chi connectivity index (χ3v) is 3.84. The van der Waals surface area contributed by atoms with Gasteiger partial charge in [-0.1, -0.05) is 35.3 Å². The van der Waals surface area contributed by atoms with E-state index >= 15 is 0 Å². The van der Waals surface area contributed by atoms with Crippen LogP contribution in [0.15, 0.2) is 42.5 Å².